The minimum absolute atomic E-state index is 0.0581. The van der Waals surface area contributed by atoms with Crippen molar-refractivity contribution in [2.45, 2.75) is 26.3 Å². The first-order valence-corrected chi connectivity index (χ1v) is 7.97. The molecule has 0 atom stereocenters. The van der Waals surface area contributed by atoms with Crippen molar-refractivity contribution in [3.8, 4) is 11.4 Å². The molecule has 1 aromatic heterocycles. The van der Waals surface area contributed by atoms with Crippen molar-refractivity contribution in [3.63, 3.8) is 0 Å². The fourth-order valence-corrected chi connectivity index (χ4v) is 2.29. The standard InChI is InChI=1S/C18H24N4O3/c1-18(2,3)19-15(23)12-21(4)17(24)16-14(25-5)11-22(20-16)13-9-7-6-8-10-13/h6-11H,12H2,1-5H3,(H,19,23). The third-order valence-corrected chi connectivity index (χ3v) is 3.37. The lowest BCUT2D eigenvalue weighted by molar-refractivity contribution is -0.122. The van der Waals surface area contributed by atoms with Crippen LogP contribution in [0.4, 0.5) is 0 Å². The molecule has 1 N–H and O–H groups in total. The molecule has 0 unspecified atom stereocenters. The number of hydrogen-bond acceptors (Lipinski definition) is 4. The van der Waals surface area contributed by atoms with Gasteiger partial charge in [-0.25, -0.2) is 4.68 Å². The average molecular weight is 344 g/mol. The minimum Gasteiger partial charge on any atom is -0.493 e. The zero-order chi connectivity index (χ0) is 18.6. The molecule has 2 aromatic rings. The number of methoxy groups -OCH3 is 1. The zero-order valence-electron chi connectivity index (χ0n) is 15.2. The Morgan fingerprint density at radius 2 is 1.88 bits per heavy atom. The third kappa shape index (κ3) is 4.82. The van der Waals surface area contributed by atoms with Crippen molar-refractivity contribution < 1.29 is 14.3 Å². The summed E-state index contributed by atoms with van der Waals surface area (Å²) in [5, 5.41) is 7.15. The highest BCUT2D eigenvalue weighted by Crippen LogP contribution is 2.20. The van der Waals surface area contributed by atoms with Gasteiger partial charge in [-0.3, -0.25) is 9.59 Å². The highest BCUT2D eigenvalue weighted by molar-refractivity contribution is 5.97. The summed E-state index contributed by atoms with van der Waals surface area (Å²) in [5.74, 6) is -0.252. The first-order valence-electron chi connectivity index (χ1n) is 7.97. The second kappa shape index (κ2) is 7.38. The molecule has 0 aliphatic rings. The predicted molar refractivity (Wildman–Crippen MR) is 95.0 cm³/mol. The number of aromatic nitrogens is 2. The summed E-state index contributed by atoms with van der Waals surface area (Å²) < 4.78 is 6.85. The van der Waals surface area contributed by atoms with Crippen molar-refractivity contribution in [1.29, 1.82) is 0 Å². The fourth-order valence-electron chi connectivity index (χ4n) is 2.29. The third-order valence-electron chi connectivity index (χ3n) is 3.37. The van der Waals surface area contributed by atoms with E-state index in [1.165, 1.54) is 12.0 Å². The average Bonchev–Trinajstić information content (AvgIpc) is 2.97. The minimum atomic E-state index is -0.379. The van der Waals surface area contributed by atoms with Gasteiger partial charge in [-0.05, 0) is 32.9 Å². The van der Waals surface area contributed by atoms with Gasteiger partial charge in [0, 0.05) is 12.6 Å². The van der Waals surface area contributed by atoms with Crippen molar-refractivity contribution >= 4 is 11.8 Å². The van der Waals surface area contributed by atoms with Crippen molar-refractivity contribution in [2.75, 3.05) is 20.7 Å². The van der Waals surface area contributed by atoms with Gasteiger partial charge in [0.2, 0.25) is 5.91 Å². The van der Waals surface area contributed by atoms with Crippen LogP contribution in [0.3, 0.4) is 0 Å². The van der Waals surface area contributed by atoms with Crippen LogP contribution in [0.5, 0.6) is 5.75 Å². The molecule has 0 saturated heterocycles. The molecule has 25 heavy (non-hydrogen) atoms. The molecule has 0 radical (unpaired) electrons. The molecular formula is C18H24N4O3. The van der Waals surface area contributed by atoms with Gasteiger partial charge in [0.25, 0.3) is 5.91 Å². The second-order valence-electron chi connectivity index (χ2n) is 6.79. The lowest BCUT2D eigenvalue weighted by atomic mass is 10.1. The van der Waals surface area contributed by atoms with E-state index in [1.54, 1.807) is 17.9 Å². The van der Waals surface area contributed by atoms with E-state index in [9.17, 15) is 9.59 Å². The Bertz CT molecular complexity index is 747. The van der Waals surface area contributed by atoms with E-state index < -0.39 is 0 Å². The van der Waals surface area contributed by atoms with Crippen LogP contribution in [-0.4, -0.2) is 52.7 Å². The van der Waals surface area contributed by atoms with Gasteiger partial charge in [-0.1, -0.05) is 18.2 Å². The van der Waals surface area contributed by atoms with Crippen molar-refractivity contribution in [2.24, 2.45) is 0 Å². The molecule has 0 spiro atoms. The van der Waals surface area contributed by atoms with Gasteiger partial charge >= 0.3 is 0 Å². The maximum absolute atomic E-state index is 12.7. The van der Waals surface area contributed by atoms with Crippen LogP contribution in [0.2, 0.25) is 0 Å². The first kappa shape index (κ1) is 18.5. The fraction of sp³-hybridized carbons (Fsp3) is 0.389. The molecule has 134 valence electrons. The highest BCUT2D eigenvalue weighted by atomic mass is 16.5. The summed E-state index contributed by atoms with van der Waals surface area (Å²) in [5.41, 5.74) is 0.624. The Hall–Kier alpha value is -2.83. The predicted octanol–water partition coefficient (Wildman–Crippen LogP) is 1.87. The number of nitrogens with zero attached hydrogens (tertiary/aromatic N) is 3. The van der Waals surface area contributed by atoms with Crippen molar-refractivity contribution in [3.05, 3.63) is 42.2 Å². The van der Waals surface area contributed by atoms with Crippen LogP contribution < -0.4 is 10.1 Å². The van der Waals surface area contributed by atoms with E-state index in [2.05, 4.69) is 10.4 Å². The van der Waals surface area contributed by atoms with Gasteiger partial charge in [-0.15, -0.1) is 0 Å². The maximum Gasteiger partial charge on any atom is 0.278 e. The number of hydrogen-bond donors (Lipinski definition) is 1. The van der Waals surface area contributed by atoms with Crippen LogP contribution in [0.1, 0.15) is 31.3 Å². The summed E-state index contributed by atoms with van der Waals surface area (Å²) in [6, 6.07) is 9.42. The topological polar surface area (TPSA) is 76.5 Å². The Labute approximate surface area is 147 Å². The molecule has 7 heteroatoms. The van der Waals surface area contributed by atoms with E-state index in [-0.39, 0.29) is 29.6 Å². The van der Waals surface area contributed by atoms with Crippen LogP contribution in [0.25, 0.3) is 5.69 Å². The Morgan fingerprint density at radius 3 is 2.44 bits per heavy atom. The van der Waals surface area contributed by atoms with Crippen molar-refractivity contribution in [1.82, 2.24) is 20.0 Å². The second-order valence-corrected chi connectivity index (χ2v) is 6.79. The Balaban J connectivity index is 2.18. The summed E-state index contributed by atoms with van der Waals surface area (Å²) in [6.45, 7) is 5.60. The maximum atomic E-state index is 12.7. The van der Waals surface area contributed by atoms with E-state index in [1.807, 2.05) is 51.1 Å². The normalized spacial score (nSPS) is 11.1. The molecule has 0 bridgehead atoms. The van der Waals surface area contributed by atoms with E-state index in [4.69, 9.17) is 4.74 Å². The number of amides is 2. The number of para-hydroxylation sites is 1. The molecule has 1 aromatic carbocycles. The number of benzene rings is 1. The lowest BCUT2D eigenvalue weighted by Gasteiger charge is -2.23. The smallest absolute Gasteiger partial charge is 0.278 e. The van der Waals surface area contributed by atoms with E-state index in [0.29, 0.717) is 5.75 Å². The lowest BCUT2D eigenvalue weighted by Crippen LogP contribution is -2.46. The molecule has 0 saturated carbocycles. The molecule has 7 nitrogen and oxygen atoms in total. The number of nitrogens with one attached hydrogen (secondary N) is 1. The Kier molecular flexibility index (Phi) is 5.46. The van der Waals surface area contributed by atoms with Gasteiger partial charge in [0.05, 0.1) is 25.5 Å². The van der Waals surface area contributed by atoms with E-state index >= 15 is 0 Å². The van der Waals surface area contributed by atoms with Crippen LogP contribution >= 0.6 is 0 Å². The van der Waals surface area contributed by atoms with Gasteiger partial charge in [0.15, 0.2) is 11.4 Å². The first-order chi connectivity index (χ1) is 11.7. The number of likely N-dealkylation sites (N-methyl/N-ethyl adjacent to an activating group) is 1. The molecular weight excluding hydrogens is 320 g/mol. The SMILES string of the molecule is COc1cn(-c2ccccc2)nc1C(=O)N(C)CC(=O)NC(C)(C)C. The van der Waals surface area contributed by atoms with Crippen LogP contribution in [0.15, 0.2) is 36.5 Å². The Morgan fingerprint density at radius 1 is 1.24 bits per heavy atom. The van der Waals surface area contributed by atoms with Crippen LogP contribution in [0, 0.1) is 0 Å². The molecule has 2 amide bonds. The summed E-state index contributed by atoms with van der Waals surface area (Å²) in [4.78, 5) is 26.0. The van der Waals surface area contributed by atoms with Gasteiger partial charge in [0.1, 0.15) is 0 Å². The molecule has 0 aliphatic heterocycles. The summed E-state index contributed by atoms with van der Waals surface area (Å²) in [6.07, 6.45) is 1.64. The largest absolute Gasteiger partial charge is 0.493 e. The van der Waals surface area contributed by atoms with Gasteiger partial charge in [-0.2, -0.15) is 5.10 Å². The monoisotopic (exact) mass is 344 g/mol. The summed E-state index contributed by atoms with van der Waals surface area (Å²) in [7, 11) is 3.04. The molecule has 0 aliphatic carbocycles. The number of rotatable bonds is 5. The zero-order valence-corrected chi connectivity index (χ0v) is 15.2. The van der Waals surface area contributed by atoms with Crippen LogP contribution in [-0.2, 0) is 4.79 Å². The number of carbonyl (C=O) groups is 2. The number of carbonyl (C=O) groups excluding carboxylic acids is 2. The molecule has 2 rings (SSSR count). The summed E-state index contributed by atoms with van der Waals surface area (Å²) >= 11 is 0. The molecule has 1 heterocycles. The number of ether oxygens (including phenoxy) is 1. The quantitative estimate of drug-likeness (QED) is 0.898. The van der Waals surface area contributed by atoms with E-state index in [0.717, 1.165) is 5.69 Å². The molecule has 0 fully saturated rings. The van der Waals surface area contributed by atoms with Gasteiger partial charge < -0.3 is 15.0 Å². The highest BCUT2D eigenvalue weighted by Gasteiger charge is 2.24.